The van der Waals surface area contributed by atoms with Gasteiger partial charge in [-0.15, -0.1) is 0 Å². The van der Waals surface area contributed by atoms with Gasteiger partial charge >= 0.3 is 0 Å². The lowest BCUT2D eigenvalue weighted by Gasteiger charge is -2.25. The molecule has 1 heterocycles. The van der Waals surface area contributed by atoms with Crippen molar-refractivity contribution in [2.24, 2.45) is 0 Å². The van der Waals surface area contributed by atoms with Crippen molar-refractivity contribution in [3.05, 3.63) is 107 Å². The topological polar surface area (TPSA) is 66.8 Å². The quantitative estimate of drug-likeness (QED) is 0.344. The fourth-order valence-corrected chi connectivity index (χ4v) is 3.84. The zero-order valence-electron chi connectivity index (χ0n) is 17.5. The van der Waals surface area contributed by atoms with Crippen LogP contribution < -0.4 is 4.74 Å². The molecule has 3 aromatic carbocycles. The zero-order valence-corrected chi connectivity index (χ0v) is 17.5. The molecule has 32 heavy (non-hydrogen) atoms. The van der Waals surface area contributed by atoms with Crippen LogP contribution in [0.25, 0.3) is 5.76 Å². The fourth-order valence-electron chi connectivity index (χ4n) is 3.84. The van der Waals surface area contributed by atoms with E-state index < -0.39 is 23.5 Å². The third-order valence-electron chi connectivity index (χ3n) is 5.36. The number of amides is 1. The first-order valence-corrected chi connectivity index (χ1v) is 10.3. The van der Waals surface area contributed by atoms with Gasteiger partial charge in [0.2, 0.25) is 0 Å². The second-order valence-corrected chi connectivity index (χ2v) is 7.42. The van der Waals surface area contributed by atoms with Gasteiger partial charge in [0, 0.05) is 12.1 Å². The Balaban J connectivity index is 1.77. The molecule has 1 unspecified atom stereocenters. The van der Waals surface area contributed by atoms with Gasteiger partial charge in [0.15, 0.2) is 0 Å². The Hall–Kier alpha value is -3.93. The molecule has 3 aromatic rings. The summed E-state index contributed by atoms with van der Waals surface area (Å²) in [5, 5.41) is 11.0. The third kappa shape index (κ3) is 4.12. The number of ether oxygens (including phenoxy) is 1. The van der Waals surface area contributed by atoms with Crippen molar-refractivity contribution in [1.82, 2.24) is 4.90 Å². The Labute approximate surface area is 185 Å². The fraction of sp³-hybridized carbons (Fsp3) is 0.154. The standard InChI is InChI=1S/C26H22FNO4/c1-2-32-21-14-8-17(9-15-21)16-28-23(18-6-4-3-5-7-18)22(25(30)26(28)31)24(29)19-10-12-20(27)13-11-19/h3-15,23,29H,2,16H2,1H3/b24-22-. The summed E-state index contributed by atoms with van der Waals surface area (Å²) in [6.45, 7) is 2.62. The second-order valence-electron chi connectivity index (χ2n) is 7.42. The monoisotopic (exact) mass is 431 g/mol. The summed E-state index contributed by atoms with van der Waals surface area (Å²) in [6, 6.07) is 20.8. The predicted octanol–water partition coefficient (Wildman–Crippen LogP) is 4.85. The first-order chi connectivity index (χ1) is 15.5. The van der Waals surface area contributed by atoms with Crippen LogP contribution in [0.2, 0.25) is 0 Å². The first kappa shape index (κ1) is 21.3. The average molecular weight is 431 g/mol. The Kier molecular flexibility index (Phi) is 6.03. The number of nitrogens with zero attached hydrogens (tertiary/aromatic N) is 1. The Morgan fingerprint density at radius 2 is 1.62 bits per heavy atom. The number of aliphatic hydroxyl groups is 1. The highest BCUT2D eigenvalue weighted by molar-refractivity contribution is 6.46. The van der Waals surface area contributed by atoms with Crippen molar-refractivity contribution in [3.63, 3.8) is 0 Å². The van der Waals surface area contributed by atoms with Gasteiger partial charge in [-0.05, 0) is 54.4 Å². The van der Waals surface area contributed by atoms with E-state index in [1.807, 2.05) is 49.4 Å². The van der Waals surface area contributed by atoms with Crippen molar-refractivity contribution in [2.45, 2.75) is 19.5 Å². The lowest BCUT2D eigenvalue weighted by molar-refractivity contribution is -0.140. The number of hydrogen-bond donors (Lipinski definition) is 1. The Bertz CT molecular complexity index is 1150. The van der Waals surface area contributed by atoms with Gasteiger partial charge in [0.25, 0.3) is 11.7 Å². The summed E-state index contributed by atoms with van der Waals surface area (Å²) in [7, 11) is 0. The van der Waals surface area contributed by atoms with Crippen LogP contribution in [0.1, 0.15) is 29.7 Å². The minimum Gasteiger partial charge on any atom is -0.507 e. The number of rotatable bonds is 6. The van der Waals surface area contributed by atoms with Crippen molar-refractivity contribution in [1.29, 1.82) is 0 Å². The summed E-state index contributed by atoms with van der Waals surface area (Å²) >= 11 is 0. The molecule has 162 valence electrons. The molecule has 1 fully saturated rings. The molecular weight excluding hydrogens is 409 g/mol. The number of carbonyl (C=O) groups excluding carboxylic acids is 2. The van der Waals surface area contributed by atoms with Gasteiger partial charge in [-0.1, -0.05) is 42.5 Å². The smallest absolute Gasteiger partial charge is 0.295 e. The molecule has 6 heteroatoms. The maximum Gasteiger partial charge on any atom is 0.295 e. The molecule has 1 N–H and O–H groups in total. The number of Topliss-reactive ketones (excluding diaryl/α,β-unsaturated/α-hetero) is 1. The van der Waals surface area contributed by atoms with Crippen LogP contribution in [0.4, 0.5) is 4.39 Å². The summed E-state index contributed by atoms with van der Waals surface area (Å²) < 4.78 is 18.8. The molecule has 0 bridgehead atoms. The van der Waals surface area contributed by atoms with Crippen LogP contribution in [0, 0.1) is 5.82 Å². The number of hydrogen-bond acceptors (Lipinski definition) is 4. The summed E-state index contributed by atoms with van der Waals surface area (Å²) in [5.41, 5.74) is 1.77. The number of ketones is 1. The van der Waals surface area contributed by atoms with Gasteiger partial charge in [-0.25, -0.2) is 4.39 Å². The van der Waals surface area contributed by atoms with E-state index in [4.69, 9.17) is 4.74 Å². The maximum atomic E-state index is 13.4. The van der Waals surface area contributed by atoms with Gasteiger partial charge in [0.1, 0.15) is 17.3 Å². The zero-order chi connectivity index (χ0) is 22.7. The van der Waals surface area contributed by atoms with Gasteiger partial charge < -0.3 is 14.7 Å². The minimum absolute atomic E-state index is 0.0151. The summed E-state index contributed by atoms with van der Waals surface area (Å²) in [5.74, 6) is -1.54. The van der Waals surface area contributed by atoms with Crippen molar-refractivity contribution in [2.75, 3.05) is 6.61 Å². The largest absolute Gasteiger partial charge is 0.507 e. The highest BCUT2D eigenvalue weighted by Gasteiger charge is 2.46. The van der Waals surface area contributed by atoms with E-state index in [1.165, 1.54) is 29.2 Å². The molecule has 1 atom stereocenters. The van der Waals surface area contributed by atoms with Crippen molar-refractivity contribution < 1.29 is 23.8 Å². The number of halogens is 1. The molecule has 1 amide bonds. The van der Waals surface area contributed by atoms with E-state index in [0.29, 0.717) is 17.9 Å². The van der Waals surface area contributed by atoms with Gasteiger partial charge in [-0.2, -0.15) is 0 Å². The SMILES string of the molecule is CCOc1ccc(CN2C(=O)C(=O)/C(=C(\O)c3ccc(F)cc3)C2c2ccccc2)cc1. The molecule has 5 nitrogen and oxygen atoms in total. The highest BCUT2D eigenvalue weighted by atomic mass is 19.1. The Morgan fingerprint density at radius 3 is 2.25 bits per heavy atom. The molecule has 4 rings (SSSR count). The molecule has 0 aliphatic carbocycles. The number of carbonyl (C=O) groups is 2. The minimum atomic E-state index is -0.772. The van der Waals surface area contributed by atoms with E-state index in [9.17, 15) is 19.1 Å². The maximum absolute atomic E-state index is 13.4. The molecule has 1 aliphatic heterocycles. The van der Waals surface area contributed by atoms with Gasteiger partial charge in [-0.3, -0.25) is 9.59 Å². The summed E-state index contributed by atoms with van der Waals surface area (Å²) in [6.07, 6.45) is 0. The highest BCUT2D eigenvalue weighted by Crippen LogP contribution is 2.40. The van der Waals surface area contributed by atoms with E-state index in [0.717, 1.165) is 5.56 Å². The average Bonchev–Trinajstić information content (AvgIpc) is 3.06. The lowest BCUT2D eigenvalue weighted by atomic mass is 9.95. The van der Waals surface area contributed by atoms with Crippen LogP contribution in [0.15, 0.2) is 84.4 Å². The van der Waals surface area contributed by atoms with E-state index in [-0.39, 0.29) is 23.4 Å². The van der Waals surface area contributed by atoms with E-state index in [1.54, 1.807) is 12.1 Å². The molecule has 0 spiro atoms. The molecule has 0 radical (unpaired) electrons. The predicted molar refractivity (Wildman–Crippen MR) is 118 cm³/mol. The van der Waals surface area contributed by atoms with Crippen LogP contribution in [0.3, 0.4) is 0 Å². The molecule has 0 aromatic heterocycles. The second kappa shape index (κ2) is 9.06. The van der Waals surface area contributed by atoms with Gasteiger partial charge in [0.05, 0.1) is 18.2 Å². The van der Waals surface area contributed by atoms with Crippen LogP contribution >= 0.6 is 0 Å². The van der Waals surface area contributed by atoms with E-state index >= 15 is 0 Å². The number of aliphatic hydroxyl groups excluding tert-OH is 1. The van der Waals surface area contributed by atoms with Crippen LogP contribution in [0.5, 0.6) is 5.75 Å². The number of benzene rings is 3. The summed E-state index contributed by atoms with van der Waals surface area (Å²) in [4.78, 5) is 27.5. The normalized spacial score (nSPS) is 17.6. The first-order valence-electron chi connectivity index (χ1n) is 10.3. The molecule has 1 saturated heterocycles. The van der Waals surface area contributed by atoms with Crippen LogP contribution in [-0.4, -0.2) is 28.3 Å². The third-order valence-corrected chi connectivity index (χ3v) is 5.36. The van der Waals surface area contributed by atoms with E-state index in [2.05, 4.69) is 0 Å². The Morgan fingerprint density at radius 1 is 0.969 bits per heavy atom. The molecular formula is C26H22FNO4. The lowest BCUT2D eigenvalue weighted by Crippen LogP contribution is -2.29. The van der Waals surface area contributed by atoms with Crippen LogP contribution in [-0.2, 0) is 16.1 Å². The molecule has 0 saturated carbocycles. The van der Waals surface area contributed by atoms with Crippen molar-refractivity contribution in [3.8, 4) is 5.75 Å². The number of likely N-dealkylation sites (tertiary alicyclic amines) is 1. The molecule has 1 aliphatic rings. The van der Waals surface area contributed by atoms with Crippen molar-refractivity contribution >= 4 is 17.4 Å².